The molecule has 6 heteroatoms. The number of hydrogen-bond donors (Lipinski definition) is 0. The zero-order valence-electron chi connectivity index (χ0n) is 14.2. The molecule has 1 atom stereocenters. The van der Waals surface area contributed by atoms with E-state index in [-0.39, 0.29) is 11.3 Å². The van der Waals surface area contributed by atoms with Crippen molar-refractivity contribution in [3.63, 3.8) is 0 Å². The average molecular weight is 328 g/mol. The number of aromatic nitrogens is 1. The molecule has 0 unspecified atom stereocenters. The van der Waals surface area contributed by atoms with Crippen molar-refractivity contribution in [2.75, 3.05) is 44.8 Å². The summed E-state index contributed by atoms with van der Waals surface area (Å²) in [7, 11) is 1.67. The Morgan fingerprint density at radius 3 is 2.96 bits per heavy atom. The third-order valence-corrected chi connectivity index (χ3v) is 5.18. The molecule has 0 aliphatic carbocycles. The Kier molecular flexibility index (Phi) is 5.00. The van der Waals surface area contributed by atoms with Gasteiger partial charge in [0.25, 0.3) is 0 Å². The molecule has 0 aromatic carbocycles. The number of nitriles is 1. The zero-order chi connectivity index (χ0) is 17.0. The smallest absolute Gasteiger partial charge is 0.222 e. The Hall–Kier alpha value is -2.13. The van der Waals surface area contributed by atoms with Crippen LogP contribution < -0.4 is 4.90 Å². The Balaban J connectivity index is 1.71. The van der Waals surface area contributed by atoms with E-state index in [1.165, 1.54) is 0 Å². The first-order valence-electron chi connectivity index (χ1n) is 8.54. The molecule has 0 saturated carbocycles. The number of piperidine rings is 2. The number of pyridine rings is 1. The van der Waals surface area contributed by atoms with Crippen molar-refractivity contribution in [3.8, 4) is 6.07 Å². The van der Waals surface area contributed by atoms with Gasteiger partial charge >= 0.3 is 0 Å². The van der Waals surface area contributed by atoms with Crippen LogP contribution in [0.3, 0.4) is 0 Å². The van der Waals surface area contributed by atoms with Crippen LogP contribution in [-0.2, 0) is 9.53 Å². The van der Waals surface area contributed by atoms with Crippen molar-refractivity contribution in [1.82, 2.24) is 9.88 Å². The van der Waals surface area contributed by atoms with Gasteiger partial charge in [-0.15, -0.1) is 0 Å². The Labute approximate surface area is 143 Å². The number of amides is 1. The molecular formula is C18H24N4O2. The van der Waals surface area contributed by atoms with Crippen molar-refractivity contribution in [1.29, 1.82) is 5.26 Å². The Morgan fingerprint density at radius 1 is 1.38 bits per heavy atom. The third-order valence-electron chi connectivity index (χ3n) is 5.18. The van der Waals surface area contributed by atoms with Gasteiger partial charge in [0.1, 0.15) is 11.9 Å². The topological polar surface area (TPSA) is 69.5 Å². The summed E-state index contributed by atoms with van der Waals surface area (Å²) in [5.74, 6) is 1.17. The molecule has 1 aromatic heterocycles. The van der Waals surface area contributed by atoms with Crippen LogP contribution in [0.4, 0.5) is 5.82 Å². The number of likely N-dealkylation sites (tertiary alicyclic amines) is 1. The van der Waals surface area contributed by atoms with Gasteiger partial charge in [0.15, 0.2) is 0 Å². The lowest BCUT2D eigenvalue weighted by Crippen LogP contribution is -2.54. The highest BCUT2D eigenvalue weighted by atomic mass is 16.5. The van der Waals surface area contributed by atoms with Crippen molar-refractivity contribution >= 4 is 11.7 Å². The van der Waals surface area contributed by atoms with Crippen LogP contribution in [0.5, 0.6) is 0 Å². The van der Waals surface area contributed by atoms with Crippen LogP contribution in [0, 0.1) is 16.7 Å². The second-order valence-electron chi connectivity index (χ2n) is 6.85. The fourth-order valence-corrected chi connectivity index (χ4v) is 3.88. The maximum Gasteiger partial charge on any atom is 0.222 e. The van der Waals surface area contributed by atoms with E-state index in [9.17, 15) is 4.79 Å². The minimum Gasteiger partial charge on any atom is -0.383 e. The van der Waals surface area contributed by atoms with Gasteiger partial charge in [0.2, 0.25) is 5.91 Å². The molecule has 2 saturated heterocycles. The quantitative estimate of drug-likeness (QED) is 0.843. The van der Waals surface area contributed by atoms with Crippen LogP contribution in [-0.4, -0.2) is 55.7 Å². The fraction of sp³-hybridized carbons (Fsp3) is 0.611. The second-order valence-corrected chi connectivity index (χ2v) is 6.85. The first-order chi connectivity index (χ1) is 11.7. The summed E-state index contributed by atoms with van der Waals surface area (Å²) in [5, 5.41) is 8.91. The summed E-state index contributed by atoms with van der Waals surface area (Å²) < 4.78 is 5.14. The highest BCUT2D eigenvalue weighted by Crippen LogP contribution is 2.39. The minimum absolute atomic E-state index is 0.148. The lowest BCUT2D eigenvalue weighted by atomic mass is 9.73. The minimum atomic E-state index is 0.148. The van der Waals surface area contributed by atoms with Crippen molar-refractivity contribution in [3.05, 3.63) is 23.9 Å². The lowest BCUT2D eigenvalue weighted by molar-refractivity contribution is -0.138. The van der Waals surface area contributed by atoms with E-state index < -0.39 is 0 Å². The molecule has 3 rings (SSSR count). The van der Waals surface area contributed by atoms with Crippen LogP contribution in [0.2, 0.25) is 0 Å². The Morgan fingerprint density at radius 2 is 2.25 bits per heavy atom. The highest BCUT2D eigenvalue weighted by Gasteiger charge is 2.41. The number of anilines is 1. The monoisotopic (exact) mass is 328 g/mol. The molecule has 24 heavy (non-hydrogen) atoms. The van der Waals surface area contributed by atoms with E-state index in [4.69, 9.17) is 10.00 Å². The standard InChI is InChI=1S/C18H24N4O2/c1-24-10-9-22-14-18(7-5-17(22)23)6-2-8-21(13-18)16-4-3-15(11-19)12-20-16/h3-4,12H,2,5-10,13-14H2,1H3/t18-/m0/s1. The molecule has 0 radical (unpaired) electrons. The summed E-state index contributed by atoms with van der Waals surface area (Å²) >= 11 is 0. The maximum atomic E-state index is 12.2. The van der Waals surface area contributed by atoms with Gasteiger partial charge in [-0.3, -0.25) is 4.79 Å². The first-order valence-corrected chi connectivity index (χ1v) is 8.54. The summed E-state index contributed by atoms with van der Waals surface area (Å²) in [5.41, 5.74) is 0.731. The average Bonchev–Trinajstić information content (AvgIpc) is 2.63. The SMILES string of the molecule is COCCN1C[C@@]2(CCCN(c3ccc(C#N)cn3)C2)CCC1=O. The number of ether oxygens (including phenoxy) is 1. The molecular weight excluding hydrogens is 304 g/mol. The molecule has 0 N–H and O–H groups in total. The van der Waals surface area contributed by atoms with Gasteiger partial charge in [-0.1, -0.05) is 0 Å². The molecule has 0 bridgehead atoms. The molecule has 1 spiro atoms. The largest absolute Gasteiger partial charge is 0.383 e. The van der Waals surface area contributed by atoms with Crippen LogP contribution >= 0.6 is 0 Å². The van der Waals surface area contributed by atoms with Gasteiger partial charge in [0, 0.05) is 51.3 Å². The van der Waals surface area contributed by atoms with Crippen LogP contribution in [0.1, 0.15) is 31.2 Å². The van der Waals surface area contributed by atoms with E-state index in [1.54, 1.807) is 13.3 Å². The van der Waals surface area contributed by atoms with Crippen molar-refractivity contribution < 1.29 is 9.53 Å². The van der Waals surface area contributed by atoms with Gasteiger partial charge in [-0.2, -0.15) is 5.26 Å². The number of methoxy groups -OCH3 is 1. The molecule has 128 valence electrons. The van der Waals surface area contributed by atoms with Gasteiger partial charge in [-0.05, 0) is 31.4 Å². The number of nitrogens with zero attached hydrogens (tertiary/aromatic N) is 4. The lowest BCUT2D eigenvalue weighted by Gasteiger charge is -2.48. The number of carbonyl (C=O) groups is 1. The predicted octanol–water partition coefficient (Wildman–Crippen LogP) is 1.81. The summed E-state index contributed by atoms with van der Waals surface area (Å²) in [6.07, 6.45) is 5.46. The summed E-state index contributed by atoms with van der Waals surface area (Å²) in [4.78, 5) is 20.9. The molecule has 2 aliphatic rings. The summed E-state index contributed by atoms with van der Waals surface area (Å²) in [6.45, 7) is 3.96. The highest BCUT2D eigenvalue weighted by molar-refractivity contribution is 5.77. The summed E-state index contributed by atoms with van der Waals surface area (Å²) in [6, 6.07) is 5.85. The molecule has 1 amide bonds. The van der Waals surface area contributed by atoms with Crippen LogP contribution in [0.15, 0.2) is 18.3 Å². The van der Waals surface area contributed by atoms with E-state index in [1.807, 2.05) is 17.0 Å². The number of rotatable bonds is 4. The van der Waals surface area contributed by atoms with Crippen LogP contribution in [0.25, 0.3) is 0 Å². The molecule has 2 fully saturated rings. The van der Waals surface area contributed by atoms with Gasteiger partial charge in [-0.25, -0.2) is 4.98 Å². The van der Waals surface area contributed by atoms with E-state index in [0.29, 0.717) is 25.1 Å². The Bertz CT molecular complexity index is 625. The molecule has 3 heterocycles. The zero-order valence-corrected chi connectivity index (χ0v) is 14.2. The van der Waals surface area contributed by atoms with Gasteiger partial charge in [0.05, 0.1) is 12.2 Å². The number of hydrogen-bond acceptors (Lipinski definition) is 5. The first kappa shape index (κ1) is 16.7. The van der Waals surface area contributed by atoms with E-state index >= 15 is 0 Å². The fourth-order valence-electron chi connectivity index (χ4n) is 3.88. The number of carbonyl (C=O) groups excluding carboxylic acids is 1. The predicted molar refractivity (Wildman–Crippen MR) is 90.5 cm³/mol. The second kappa shape index (κ2) is 7.18. The van der Waals surface area contributed by atoms with E-state index in [2.05, 4.69) is 16.0 Å². The maximum absolute atomic E-state index is 12.2. The van der Waals surface area contributed by atoms with Crippen molar-refractivity contribution in [2.24, 2.45) is 5.41 Å². The molecule has 2 aliphatic heterocycles. The van der Waals surface area contributed by atoms with E-state index in [0.717, 1.165) is 44.7 Å². The van der Waals surface area contributed by atoms with Crippen molar-refractivity contribution in [2.45, 2.75) is 25.7 Å². The normalized spacial score (nSPS) is 24.2. The third kappa shape index (κ3) is 3.51. The van der Waals surface area contributed by atoms with Gasteiger partial charge < -0.3 is 14.5 Å². The molecule has 1 aromatic rings. The molecule has 6 nitrogen and oxygen atoms in total.